The van der Waals surface area contributed by atoms with E-state index in [1.54, 1.807) is 20.3 Å². The van der Waals surface area contributed by atoms with Gasteiger partial charge in [0.1, 0.15) is 5.52 Å². The topological polar surface area (TPSA) is 95.1 Å². The zero-order chi connectivity index (χ0) is 18.8. The van der Waals surface area contributed by atoms with Crippen molar-refractivity contribution in [1.82, 2.24) is 29.7 Å². The number of aryl methyl sites for hydroxylation is 2. The Morgan fingerprint density at radius 3 is 2.93 bits per heavy atom. The van der Waals surface area contributed by atoms with Crippen molar-refractivity contribution in [3.05, 3.63) is 41.7 Å². The molecule has 3 heterocycles. The molecular weight excluding hydrogens is 348 g/mol. The number of esters is 1. The Kier molecular flexibility index (Phi) is 4.57. The van der Waals surface area contributed by atoms with E-state index in [0.29, 0.717) is 32.6 Å². The van der Waals surface area contributed by atoms with Crippen LogP contribution >= 0.6 is 0 Å². The highest BCUT2D eigenvalue weighted by molar-refractivity contribution is 5.87. The van der Waals surface area contributed by atoms with E-state index >= 15 is 0 Å². The number of rotatable bonds is 4. The monoisotopic (exact) mass is 368 g/mol. The maximum atomic E-state index is 12.7. The van der Waals surface area contributed by atoms with Gasteiger partial charge in [-0.15, -0.1) is 5.10 Å². The molecule has 1 aliphatic rings. The molecular formula is C18H20N6O3. The average molecular weight is 368 g/mol. The van der Waals surface area contributed by atoms with E-state index in [2.05, 4.69) is 15.4 Å². The third-order valence-corrected chi connectivity index (χ3v) is 4.72. The lowest BCUT2D eigenvalue weighted by atomic mass is 10.2. The predicted molar refractivity (Wildman–Crippen MR) is 95.7 cm³/mol. The number of para-hydroxylation sites is 1. The molecule has 3 aromatic rings. The molecule has 140 valence electrons. The van der Waals surface area contributed by atoms with E-state index in [9.17, 15) is 9.59 Å². The molecule has 1 aromatic carbocycles. The SMILES string of the molecule is COC(=O)c1cc2n(n1)CCCN(C(=O)CCn1nnc3ccccc31)C2. The van der Waals surface area contributed by atoms with Gasteiger partial charge in [-0.2, -0.15) is 5.10 Å². The van der Waals surface area contributed by atoms with E-state index in [-0.39, 0.29) is 11.6 Å². The molecule has 2 aromatic heterocycles. The molecule has 1 amide bonds. The number of ether oxygens (including phenoxy) is 1. The van der Waals surface area contributed by atoms with E-state index in [0.717, 1.165) is 23.1 Å². The van der Waals surface area contributed by atoms with E-state index < -0.39 is 5.97 Å². The predicted octanol–water partition coefficient (Wildman–Crippen LogP) is 1.24. The highest BCUT2D eigenvalue weighted by Crippen LogP contribution is 2.16. The van der Waals surface area contributed by atoms with Crippen LogP contribution in [0.2, 0.25) is 0 Å². The summed E-state index contributed by atoms with van der Waals surface area (Å²) in [6.07, 6.45) is 1.12. The number of hydrogen-bond donors (Lipinski definition) is 0. The molecule has 0 unspecified atom stereocenters. The normalized spacial score (nSPS) is 14.0. The second-order valence-electron chi connectivity index (χ2n) is 6.46. The molecule has 0 fully saturated rings. The molecule has 27 heavy (non-hydrogen) atoms. The van der Waals surface area contributed by atoms with Gasteiger partial charge < -0.3 is 9.64 Å². The number of amides is 1. The van der Waals surface area contributed by atoms with Crippen molar-refractivity contribution < 1.29 is 14.3 Å². The van der Waals surface area contributed by atoms with Crippen molar-refractivity contribution in [1.29, 1.82) is 0 Å². The first-order chi connectivity index (χ1) is 13.2. The molecule has 0 saturated carbocycles. The minimum absolute atomic E-state index is 0.0452. The zero-order valence-corrected chi connectivity index (χ0v) is 15.0. The first kappa shape index (κ1) is 17.2. The van der Waals surface area contributed by atoms with Crippen LogP contribution in [0.5, 0.6) is 0 Å². The Morgan fingerprint density at radius 1 is 1.22 bits per heavy atom. The van der Waals surface area contributed by atoms with Gasteiger partial charge in [-0.25, -0.2) is 9.48 Å². The molecule has 4 rings (SSSR count). The Labute approximate surface area is 155 Å². The van der Waals surface area contributed by atoms with E-state index in [1.807, 2.05) is 24.3 Å². The van der Waals surface area contributed by atoms with Crippen LogP contribution in [0.1, 0.15) is 29.0 Å². The van der Waals surface area contributed by atoms with E-state index in [4.69, 9.17) is 4.74 Å². The fourth-order valence-electron chi connectivity index (χ4n) is 3.32. The Hall–Kier alpha value is -3.23. The van der Waals surface area contributed by atoms with Gasteiger partial charge in [-0.3, -0.25) is 9.48 Å². The highest BCUT2D eigenvalue weighted by atomic mass is 16.5. The fraction of sp³-hybridized carbons (Fsp3) is 0.389. The summed E-state index contributed by atoms with van der Waals surface area (Å²) in [7, 11) is 1.33. The molecule has 0 bridgehead atoms. The number of methoxy groups -OCH3 is 1. The smallest absolute Gasteiger partial charge is 0.358 e. The van der Waals surface area contributed by atoms with Crippen molar-refractivity contribution in [3.8, 4) is 0 Å². The molecule has 1 aliphatic heterocycles. The number of aromatic nitrogens is 5. The summed E-state index contributed by atoms with van der Waals surface area (Å²) in [5.41, 5.74) is 2.85. The lowest BCUT2D eigenvalue weighted by Crippen LogP contribution is -2.31. The number of carbonyl (C=O) groups excluding carboxylic acids is 2. The zero-order valence-electron chi connectivity index (χ0n) is 15.0. The highest BCUT2D eigenvalue weighted by Gasteiger charge is 2.22. The van der Waals surface area contributed by atoms with E-state index in [1.165, 1.54) is 7.11 Å². The molecule has 9 nitrogen and oxygen atoms in total. The third-order valence-electron chi connectivity index (χ3n) is 4.72. The average Bonchev–Trinajstić information content (AvgIpc) is 3.23. The van der Waals surface area contributed by atoms with Gasteiger partial charge in [0.25, 0.3) is 0 Å². The number of fused-ring (bicyclic) bond motifs is 2. The number of hydrogen-bond acceptors (Lipinski definition) is 6. The Morgan fingerprint density at radius 2 is 2.07 bits per heavy atom. The minimum Gasteiger partial charge on any atom is -0.464 e. The van der Waals surface area contributed by atoms with Crippen LogP contribution in [0.25, 0.3) is 11.0 Å². The molecule has 0 spiro atoms. The number of benzene rings is 1. The first-order valence-electron chi connectivity index (χ1n) is 8.87. The van der Waals surface area contributed by atoms with Gasteiger partial charge in [-0.1, -0.05) is 17.3 Å². The lowest BCUT2D eigenvalue weighted by molar-refractivity contribution is -0.132. The van der Waals surface area contributed by atoms with Crippen LogP contribution < -0.4 is 0 Å². The fourth-order valence-corrected chi connectivity index (χ4v) is 3.32. The number of carbonyl (C=O) groups is 2. The summed E-state index contributed by atoms with van der Waals surface area (Å²) < 4.78 is 8.26. The van der Waals surface area contributed by atoms with Crippen LogP contribution in [-0.2, 0) is 29.2 Å². The second kappa shape index (κ2) is 7.18. The summed E-state index contributed by atoms with van der Waals surface area (Å²) in [6.45, 7) is 2.24. The summed E-state index contributed by atoms with van der Waals surface area (Å²) in [6, 6.07) is 9.38. The molecule has 0 aliphatic carbocycles. The van der Waals surface area contributed by atoms with Crippen LogP contribution in [0.15, 0.2) is 30.3 Å². The summed E-state index contributed by atoms with van der Waals surface area (Å²) >= 11 is 0. The maximum Gasteiger partial charge on any atom is 0.358 e. The first-order valence-corrected chi connectivity index (χ1v) is 8.87. The van der Waals surface area contributed by atoms with Crippen LogP contribution in [0.3, 0.4) is 0 Å². The van der Waals surface area contributed by atoms with Gasteiger partial charge in [0.15, 0.2) is 5.69 Å². The van der Waals surface area contributed by atoms with Crippen molar-refractivity contribution in [2.75, 3.05) is 13.7 Å². The molecule has 0 atom stereocenters. The second-order valence-corrected chi connectivity index (χ2v) is 6.46. The summed E-state index contributed by atoms with van der Waals surface area (Å²) in [5.74, 6) is -0.421. The van der Waals surface area contributed by atoms with Crippen LogP contribution in [-0.4, -0.2) is 55.2 Å². The van der Waals surface area contributed by atoms with Crippen LogP contribution in [0, 0.1) is 0 Å². The van der Waals surface area contributed by atoms with Crippen molar-refractivity contribution in [2.24, 2.45) is 0 Å². The quantitative estimate of drug-likeness (QED) is 0.643. The molecule has 0 radical (unpaired) electrons. The van der Waals surface area contributed by atoms with Crippen molar-refractivity contribution in [3.63, 3.8) is 0 Å². The van der Waals surface area contributed by atoms with Gasteiger partial charge in [0, 0.05) is 19.5 Å². The molecule has 0 saturated heterocycles. The summed E-state index contributed by atoms with van der Waals surface area (Å²) in [4.78, 5) is 26.2. The maximum absolute atomic E-state index is 12.7. The van der Waals surface area contributed by atoms with Crippen LogP contribution in [0.4, 0.5) is 0 Å². The number of nitrogens with zero attached hydrogens (tertiary/aromatic N) is 6. The standard InChI is InChI=1S/C18H20N6O3/c1-27-18(26)15-11-13-12-22(8-4-9-23(13)20-15)17(25)7-10-24-16-6-3-2-5-14(16)19-21-24/h2-3,5-6,11H,4,7-10,12H2,1H3. The van der Waals surface area contributed by atoms with Crippen molar-refractivity contribution in [2.45, 2.75) is 32.5 Å². The Balaban J connectivity index is 1.44. The molecule has 9 heteroatoms. The van der Waals surface area contributed by atoms with Gasteiger partial charge >= 0.3 is 5.97 Å². The largest absolute Gasteiger partial charge is 0.464 e. The van der Waals surface area contributed by atoms with Gasteiger partial charge in [0.05, 0.1) is 31.4 Å². The van der Waals surface area contributed by atoms with Gasteiger partial charge in [-0.05, 0) is 24.6 Å². The third kappa shape index (κ3) is 3.40. The molecule has 0 N–H and O–H groups in total. The minimum atomic E-state index is -0.466. The van der Waals surface area contributed by atoms with Gasteiger partial charge in [0.2, 0.25) is 5.91 Å². The Bertz CT molecular complexity index is 992. The lowest BCUT2D eigenvalue weighted by Gasteiger charge is -2.20. The van der Waals surface area contributed by atoms with Crippen molar-refractivity contribution >= 4 is 22.9 Å². The summed E-state index contributed by atoms with van der Waals surface area (Å²) in [5, 5.41) is 12.5.